The van der Waals surface area contributed by atoms with Crippen LogP contribution in [-0.4, -0.2) is 25.8 Å². The third-order valence-electron chi connectivity index (χ3n) is 3.15. The molecule has 0 aliphatic heterocycles. The molecule has 0 unspecified atom stereocenters. The second-order valence-electron chi connectivity index (χ2n) is 5.53. The predicted octanol–water partition coefficient (Wildman–Crippen LogP) is 3.55. The van der Waals surface area contributed by atoms with Gasteiger partial charge in [0, 0.05) is 24.2 Å². The smallest absolute Gasteiger partial charge is 0.223 e. The van der Waals surface area contributed by atoms with Crippen molar-refractivity contribution in [3.63, 3.8) is 0 Å². The Kier molecular flexibility index (Phi) is 5.41. The Labute approximate surface area is 135 Å². The summed E-state index contributed by atoms with van der Waals surface area (Å²) < 4.78 is 0. The Hall–Kier alpha value is -2.76. The van der Waals surface area contributed by atoms with Crippen LogP contribution >= 0.6 is 0 Å². The van der Waals surface area contributed by atoms with E-state index < -0.39 is 0 Å². The molecule has 0 spiro atoms. The van der Waals surface area contributed by atoms with E-state index in [-0.39, 0.29) is 17.4 Å². The number of anilines is 1. The van der Waals surface area contributed by atoms with Gasteiger partial charge in [-0.25, -0.2) is 9.97 Å². The monoisotopic (exact) mass is 311 g/mol. The minimum Gasteiger partial charge on any atom is -0.507 e. The minimum absolute atomic E-state index is 0.0116. The van der Waals surface area contributed by atoms with Crippen LogP contribution in [0.5, 0.6) is 0 Å². The number of aliphatic hydroxyl groups is 1. The number of nitrogens with one attached hydrogen (secondary N) is 2. The summed E-state index contributed by atoms with van der Waals surface area (Å²) in [5.41, 5.74) is 2.46. The van der Waals surface area contributed by atoms with Crippen LogP contribution < -0.4 is 5.32 Å². The first-order chi connectivity index (χ1) is 11.0. The lowest BCUT2D eigenvalue weighted by Gasteiger charge is -2.13. The predicted molar refractivity (Wildman–Crippen MR) is 91.7 cm³/mol. The fourth-order valence-electron chi connectivity index (χ4n) is 2.07. The van der Waals surface area contributed by atoms with Gasteiger partial charge in [-0.1, -0.05) is 19.9 Å². The number of aromatic nitrogens is 3. The molecular formula is C17H21N5O. The van der Waals surface area contributed by atoms with E-state index in [0.717, 1.165) is 11.4 Å². The van der Waals surface area contributed by atoms with Crippen molar-refractivity contribution in [2.45, 2.75) is 33.2 Å². The zero-order chi connectivity index (χ0) is 16.8. The fraction of sp³-hybridized carbons (Fsp3) is 0.294. The van der Waals surface area contributed by atoms with Crippen molar-refractivity contribution >= 4 is 17.4 Å². The molecule has 2 rings (SSSR count). The van der Waals surface area contributed by atoms with Gasteiger partial charge < -0.3 is 15.8 Å². The highest BCUT2D eigenvalue weighted by Gasteiger charge is 2.14. The van der Waals surface area contributed by atoms with Gasteiger partial charge >= 0.3 is 0 Å². The van der Waals surface area contributed by atoms with Gasteiger partial charge in [-0.3, -0.25) is 4.98 Å². The van der Waals surface area contributed by atoms with Gasteiger partial charge in [0.05, 0.1) is 23.5 Å². The summed E-state index contributed by atoms with van der Waals surface area (Å²) in [6.45, 7) is 6.13. The molecule has 0 aromatic carbocycles. The van der Waals surface area contributed by atoms with Gasteiger partial charge in [-0.2, -0.15) is 0 Å². The first-order valence-corrected chi connectivity index (χ1v) is 7.44. The van der Waals surface area contributed by atoms with E-state index >= 15 is 0 Å². The van der Waals surface area contributed by atoms with Crippen LogP contribution in [0.3, 0.4) is 0 Å². The number of hydrogen-bond acceptors (Lipinski definition) is 6. The first kappa shape index (κ1) is 16.6. The maximum atomic E-state index is 10.1. The quantitative estimate of drug-likeness (QED) is 0.560. The standard InChI is InChI=1S/C17H21N5O/c1-11(2)16-14(15(23)8-12(3)18)10-21-17(22-16)20-9-13-6-4-5-7-19-13/h4-8,10-11,18,23H,9H2,1-3H3,(H,20,21,22)/b15-8-,18-12?. The third kappa shape index (κ3) is 4.60. The molecule has 120 valence electrons. The number of aliphatic hydroxyl groups excluding tert-OH is 1. The largest absolute Gasteiger partial charge is 0.507 e. The summed E-state index contributed by atoms with van der Waals surface area (Å²) in [5.74, 6) is 0.616. The molecule has 2 aromatic heterocycles. The number of hydrogen-bond donors (Lipinski definition) is 3. The Balaban J connectivity index is 2.24. The average molecular weight is 311 g/mol. The van der Waals surface area contributed by atoms with Crippen LogP contribution in [0.15, 0.2) is 36.7 Å². The molecule has 6 heteroatoms. The molecule has 3 N–H and O–H groups in total. The van der Waals surface area contributed by atoms with Crippen LogP contribution in [0.4, 0.5) is 5.95 Å². The highest BCUT2D eigenvalue weighted by atomic mass is 16.3. The molecule has 0 amide bonds. The molecule has 23 heavy (non-hydrogen) atoms. The van der Waals surface area contributed by atoms with Gasteiger partial charge in [0.25, 0.3) is 0 Å². The zero-order valence-electron chi connectivity index (χ0n) is 13.5. The van der Waals surface area contributed by atoms with Crippen LogP contribution in [-0.2, 0) is 6.54 Å². The van der Waals surface area contributed by atoms with E-state index in [9.17, 15) is 5.11 Å². The van der Waals surface area contributed by atoms with Crippen molar-refractivity contribution in [1.82, 2.24) is 15.0 Å². The van der Waals surface area contributed by atoms with E-state index in [1.165, 1.54) is 6.08 Å². The molecule has 0 atom stereocenters. The lowest BCUT2D eigenvalue weighted by atomic mass is 10.0. The summed E-state index contributed by atoms with van der Waals surface area (Å²) in [7, 11) is 0. The first-order valence-electron chi connectivity index (χ1n) is 7.44. The van der Waals surface area contributed by atoms with Gasteiger partial charge in [-0.05, 0) is 25.0 Å². The number of pyridine rings is 1. The number of allylic oxidation sites excluding steroid dienone is 1. The second-order valence-corrected chi connectivity index (χ2v) is 5.53. The fourth-order valence-corrected chi connectivity index (χ4v) is 2.07. The molecule has 6 nitrogen and oxygen atoms in total. The highest BCUT2D eigenvalue weighted by Crippen LogP contribution is 2.23. The lowest BCUT2D eigenvalue weighted by Crippen LogP contribution is -2.09. The lowest BCUT2D eigenvalue weighted by molar-refractivity contribution is 0.509. The summed E-state index contributed by atoms with van der Waals surface area (Å²) in [4.78, 5) is 13.0. The topological polar surface area (TPSA) is 94.8 Å². The van der Waals surface area contributed by atoms with Crippen molar-refractivity contribution in [3.05, 3.63) is 53.6 Å². The van der Waals surface area contributed by atoms with Crippen molar-refractivity contribution in [3.8, 4) is 0 Å². The minimum atomic E-state index is 0.0116. The molecule has 0 saturated heterocycles. The van der Waals surface area contributed by atoms with E-state index in [1.807, 2.05) is 32.0 Å². The van der Waals surface area contributed by atoms with E-state index in [0.29, 0.717) is 18.1 Å². The molecule has 0 saturated carbocycles. The Morgan fingerprint density at radius 2 is 2.13 bits per heavy atom. The SMILES string of the molecule is CC(=N)/C=C(\O)c1cnc(NCc2ccccn2)nc1C(C)C. The number of rotatable bonds is 6. The van der Waals surface area contributed by atoms with Crippen LogP contribution in [0, 0.1) is 5.41 Å². The van der Waals surface area contributed by atoms with Crippen molar-refractivity contribution < 1.29 is 5.11 Å². The molecule has 0 bridgehead atoms. The maximum absolute atomic E-state index is 10.1. The molecule has 0 aliphatic carbocycles. The van der Waals surface area contributed by atoms with Crippen molar-refractivity contribution in [1.29, 1.82) is 5.41 Å². The van der Waals surface area contributed by atoms with Gasteiger partial charge in [0.2, 0.25) is 5.95 Å². The second kappa shape index (κ2) is 7.49. The van der Waals surface area contributed by atoms with E-state index in [2.05, 4.69) is 20.3 Å². The van der Waals surface area contributed by atoms with Crippen LogP contribution in [0.25, 0.3) is 5.76 Å². The van der Waals surface area contributed by atoms with Gasteiger partial charge in [0.15, 0.2) is 0 Å². The van der Waals surface area contributed by atoms with E-state index in [4.69, 9.17) is 5.41 Å². The Morgan fingerprint density at radius 3 is 2.74 bits per heavy atom. The summed E-state index contributed by atoms with van der Waals surface area (Å²) in [6, 6.07) is 5.72. The zero-order valence-corrected chi connectivity index (χ0v) is 13.5. The van der Waals surface area contributed by atoms with Gasteiger partial charge in [-0.15, -0.1) is 0 Å². The summed E-state index contributed by atoms with van der Waals surface area (Å²) >= 11 is 0. The molecule has 2 aromatic rings. The van der Waals surface area contributed by atoms with Crippen LogP contribution in [0.2, 0.25) is 0 Å². The summed E-state index contributed by atoms with van der Waals surface area (Å²) in [5, 5.41) is 20.7. The Bertz CT molecular complexity index is 710. The van der Waals surface area contributed by atoms with Crippen LogP contribution in [0.1, 0.15) is 43.6 Å². The highest BCUT2D eigenvalue weighted by molar-refractivity contribution is 5.95. The molecule has 0 radical (unpaired) electrons. The maximum Gasteiger partial charge on any atom is 0.223 e. The number of nitrogens with zero attached hydrogens (tertiary/aromatic N) is 3. The van der Waals surface area contributed by atoms with E-state index in [1.54, 1.807) is 19.3 Å². The van der Waals surface area contributed by atoms with Gasteiger partial charge in [0.1, 0.15) is 5.76 Å². The molecule has 2 heterocycles. The molecule has 0 fully saturated rings. The van der Waals surface area contributed by atoms with Crippen molar-refractivity contribution in [2.75, 3.05) is 5.32 Å². The van der Waals surface area contributed by atoms with Crippen molar-refractivity contribution in [2.24, 2.45) is 0 Å². The normalized spacial score (nSPS) is 11.6. The third-order valence-corrected chi connectivity index (χ3v) is 3.15. The molecule has 0 aliphatic rings. The molecular weight excluding hydrogens is 290 g/mol. The Morgan fingerprint density at radius 1 is 1.35 bits per heavy atom. The summed E-state index contributed by atoms with van der Waals surface area (Å²) in [6.07, 6.45) is 4.71. The average Bonchev–Trinajstić information content (AvgIpc) is 2.53.